The molecule has 0 aromatic carbocycles. The standard InChI is InChI=1S/C7H12N2O4S/c1-5(2)9-4-6(3-8-9)7(10)14(11,12)13/h3-5,7,10H,1-2H3,(H,11,12,13). The lowest BCUT2D eigenvalue weighted by atomic mass is 10.4. The number of hydrogen-bond acceptors (Lipinski definition) is 4. The van der Waals surface area contributed by atoms with E-state index in [9.17, 15) is 8.42 Å². The molecule has 0 aliphatic heterocycles. The van der Waals surface area contributed by atoms with Crippen molar-refractivity contribution in [1.29, 1.82) is 0 Å². The fourth-order valence-electron chi connectivity index (χ4n) is 0.935. The molecule has 1 rings (SSSR count). The van der Waals surface area contributed by atoms with Crippen molar-refractivity contribution in [1.82, 2.24) is 9.78 Å². The summed E-state index contributed by atoms with van der Waals surface area (Å²) in [5.74, 6) is 0. The van der Waals surface area contributed by atoms with Crippen LogP contribution in [0.5, 0.6) is 0 Å². The van der Waals surface area contributed by atoms with Crippen molar-refractivity contribution < 1.29 is 18.1 Å². The van der Waals surface area contributed by atoms with Crippen LogP contribution < -0.4 is 0 Å². The first-order chi connectivity index (χ1) is 6.32. The zero-order valence-corrected chi connectivity index (χ0v) is 8.64. The summed E-state index contributed by atoms with van der Waals surface area (Å²) in [5, 5.41) is 13.0. The summed E-state index contributed by atoms with van der Waals surface area (Å²) in [6.07, 6.45) is 2.58. The highest BCUT2D eigenvalue weighted by molar-refractivity contribution is 7.85. The van der Waals surface area contributed by atoms with Crippen LogP contribution in [0.15, 0.2) is 12.4 Å². The van der Waals surface area contributed by atoms with Crippen LogP contribution in [-0.4, -0.2) is 27.9 Å². The van der Waals surface area contributed by atoms with Crippen LogP contribution in [0, 0.1) is 0 Å². The number of hydrogen-bond donors (Lipinski definition) is 2. The van der Waals surface area contributed by atoms with E-state index in [1.807, 2.05) is 13.8 Å². The number of rotatable bonds is 3. The molecule has 0 fully saturated rings. The van der Waals surface area contributed by atoms with E-state index < -0.39 is 15.6 Å². The molecule has 0 saturated heterocycles. The Bertz CT molecular complexity index is 409. The topological polar surface area (TPSA) is 92.4 Å². The summed E-state index contributed by atoms with van der Waals surface area (Å²) in [5.41, 5.74) is -1.86. The predicted octanol–water partition coefficient (Wildman–Crippen LogP) is 0.343. The second kappa shape index (κ2) is 3.68. The highest BCUT2D eigenvalue weighted by Gasteiger charge is 2.23. The van der Waals surface area contributed by atoms with E-state index in [4.69, 9.17) is 9.66 Å². The monoisotopic (exact) mass is 220 g/mol. The second-order valence-electron chi connectivity index (χ2n) is 3.21. The van der Waals surface area contributed by atoms with E-state index in [1.54, 1.807) is 0 Å². The van der Waals surface area contributed by atoms with Crippen LogP contribution in [0.4, 0.5) is 0 Å². The maximum Gasteiger partial charge on any atom is 0.296 e. The van der Waals surface area contributed by atoms with Gasteiger partial charge in [-0.1, -0.05) is 0 Å². The van der Waals surface area contributed by atoms with Crippen molar-refractivity contribution >= 4 is 10.1 Å². The van der Waals surface area contributed by atoms with Crippen molar-refractivity contribution in [2.24, 2.45) is 0 Å². The van der Waals surface area contributed by atoms with Crippen LogP contribution in [-0.2, 0) is 10.1 Å². The molecular formula is C7H12N2O4S. The van der Waals surface area contributed by atoms with Gasteiger partial charge in [-0.15, -0.1) is 0 Å². The molecular weight excluding hydrogens is 208 g/mol. The van der Waals surface area contributed by atoms with Crippen molar-refractivity contribution in [3.8, 4) is 0 Å². The van der Waals surface area contributed by atoms with Gasteiger partial charge in [-0.2, -0.15) is 13.5 Å². The highest BCUT2D eigenvalue weighted by atomic mass is 32.2. The molecule has 0 bridgehead atoms. The zero-order chi connectivity index (χ0) is 10.9. The molecule has 0 aliphatic rings. The quantitative estimate of drug-likeness (QED) is 0.717. The molecule has 1 aromatic rings. The molecule has 0 amide bonds. The third kappa shape index (κ3) is 2.31. The van der Waals surface area contributed by atoms with Gasteiger partial charge in [-0.25, -0.2) is 0 Å². The van der Waals surface area contributed by atoms with Gasteiger partial charge in [-0.3, -0.25) is 9.23 Å². The fourth-order valence-corrected chi connectivity index (χ4v) is 1.40. The van der Waals surface area contributed by atoms with E-state index in [2.05, 4.69) is 5.10 Å². The minimum Gasteiger partial charge on any atom is -0.371 e. The summed E-state index contributed by atoms with van der Waals surface area (Å²) in [6, 6.07) is 0.0670. The SMILES string of the molecule is CC(C)n1cc(C(O)S(=O)(=O)O)cn1. The molecule has 7 heteroatoms. The van der Waals surface area contributed by atoms with Crippen LogP contribution in [0.25, 0.3) is 0 Å². The van der Waals surface area contributed by atoms with E-state index >= 15 is 0 Å². The van der Waals surface area contributed by atoms with Crippen LogP contribution in [0.2, 0.25) is 0 Å². The second-order valence-corrected chi connectivity index (χ2v) is 4.69. The van der Waals surface area contributed by atoms with Gasteiger partial charge in [0, 0.05) is 17.8 Å². The molecule has 14 heavy (non-hydrogen) atoms. The Morgan fingerprint density at radius 2 is 2.07 bits per heavy atom. The molecule has 80 valence electrons. The lowest BCUT2D eigenvalue weighted by Gasteiger charge is -2.05. The van der Waals surface area contributed by atoms with Gasteiger partial charge >= 0.3 is 0 Å². The Labute approximate surface area is 81.9 Å². The summed E-state index contributed by atoms with van der Waals surface area (Å²) in [4.78, 5) is 0. The summed E-state index contributed by atoms with van der Waals surface area (Å²) >= 11 is 0. The fraction of sp³-hybridized carbons (Fsp3) is 0.571. The maximum atomic E-state index is 10.6. The molecule has 1 unspecified atom stereocenters. The average Bonchev–Trinajstić information content (AvgIpc) is 2.48. The van der Waals surface area contributed by atoms with Gasteiger partial charge in [0.05, 0.1) is 6.20 Å². The summed E-state index contributed by atoms with van der Waals surface area (Å²) in [7, 11) is -4.47. The lowest BCUT2D eigenvalue weighted by Crippen LogP contribution is -2.10. The van der Waals surface area contributed by atoms with Crippen LogP contribution in [0.3, 0.4) is 0 Å². The largest absolute Gasteiger partial charge is 0.371 e. The number of nitrogens with zero attached hydrogens (tertiary/aromatic N) is 2. The molecule has 0 aliphatic carbocycles. The molecule has 6 nitrogen and oxygen atoms in total. The summed E-state index contributed by atoms with van der Waals surface area (Å²) in [6.45, 7) is 3.72. The number of aromatic nitrogens is 2. The van der Waals surface area contributed by atoms with Gasteiger partial charge in [0.15, 0.2) is 0 Å². The Balaban J connectivity index is 2.98. The van der Waals surface area contributed by atoms with Crippen molar-refractivity contribution in [3.63, 3.8) is 0 Å². The first kappa shape index (κ1) is 11.2. The first-order valence-electron chi connectivity index (χ1n) is 4.01. The Morgan fingerprint density at radius 1 is 1.50 bits per heavy atom. The third-order valence-corrected chi connectivity index (χ3v) is 2.55. The van der Waals surface area contributed by atoms with E-state index in [0.717, 1.165) is 0 Å². The maximum absolute atomic E-state index is 10.6. The molecule has 0 saturated carbocycles. The number of aliphatic hydroxyl groups is 1. The Kier molecular flexibility index (Phi) is 2.93. The zero-order valence-electron chi connectivity index (χ0n) is 7.82. The summed E-state index contributed by atoms with van der Waals surface area (Å²) < 4.78 is 31.2. The highest BCUT2D eigenvalue weighted by Crippen LogP contribution is 2.18. The first-order valence-corrected chi connectivity index (χ1v) is 5.51. The molecule has 1 aromatic heterocycles. The van der Waals surface area contributed by atoms with E-state index in [0.29, 0.717) is 0 Å². The Morgan fingerprint density at radius 3 is 2.43 bits per heavy atom. The van der Waals surface area contributed by atoms with Gasteiger partial charge in [0.25, 0.3) is 10.1 Å². The van der Waals surface area contributed by atoms with Crippen molar-refractivity contribution in [2.75, 3.05) is 0 Å². The van der Waals surface area contributed by atoms with Crippen LogP contribution in [0.1, 0.15) is 30.9 Å². The normalized spacial score (nSPS) is 14.6. The average molecular weight is 220 g/mol. The van der Waals surface area contributed by atoms with Gasteiger partial charge < -0.3 is 5.11 Å². The minimum atomic E-state index is -4.47. The molecule has 1 atom stereocenters. The third-order valence-electron chi connectivity index (χ3n) is 1.72. The van der Waals surface area contributed by atoms with Crippen molar-refractivity contribution in [3.05, 3.63) is 18.0 Å². The lowest BCUT2D eigenvalue weighted by molar-refractivity contribution is 0.238. The Hall–Kier alpha value is -0.920. The van der Waals surface area contributed by atoms with Gasteiger partial charge in [0.1, 0.15) is 0 Å². The number of aliphatic hydroxyl groups excluding tert-OH is 1. The molecule has 0 radical (unpaired) electrons. The van der Waals surface area contributed by atoms with Gasteiger partial charge in [0.2, 0.25) is 5.44 Å². The molecule has 2 N–H and O–H groups in total. The molecule has 0 spiro atoms. The van der Waals surface area contributed by atoms with E-state index in [-0.39, 0.29) is 11.6 Å². The van der Waals surface area contributed by atoms with Crippen molar-refractivity contribution in [2.45, 2.75) is 25.3 Å². The smallest absolute Gasteiger partial charge is 0.296 e. The van der Waals surface area contributed by atoms with Gasteiger partial charge in [-0.05, 0) is 13.8 Å². The molecule has 1 heterocycles. The minimum absolute atomic E-state index is 0.0567. The van der Waals surface area contributed by atoms with E-state index in [1.165, 1.54) is 17.1 Å². The predicted molar refractivity (Wildman–Crippen MR) is 49.1 cm³/mol. The van der Waals surface area contributed by atoms with Crippen LogP contribution >= 0.6 is 0 Å².